The predicted molar refractivity (Wildman–Crippen MR) is 99.6 cm³/mol. The van der Waals surface area contributed by atoms with E-state index >= 15 is 0 Å². The summed E-state index contributed by atoms with van der Waals surface area (Å²) in [5, 5.41) is 9.32. The third kappa shape index (κ3) is 1.96. The molecule has 122 valence electrons. The van der Waals surface area contributed by atoms with E-state index in [9.17, 15) is 4.79 Å². The Balaban J connectivity index is 2.02. The van der Waals surface area contributed by atoms with E-state index in [1.165, 1.54) is 0 Å². The Bertz CT molecular complexity index is 1330. The summed E-state index contributed by atoms with van der Waals surface area (Å²) in [6.45, 7) is 4.02. The molecule has 0 spiro atoms. The van der Waals surface area contributed by atoms with Crippen molar-refractivity contribution in [1.82, 2.24) is 25.0 Å². The first-order valence-electron chi connectivity index (χ1n) is 7.87. The summed E-state index contributed by atoms with van der Waals surface area (Å²) in [5.74, 6) is 0. The van der Waals surface area contributed by atoms with Gasteiger partial charge in [-0.3, -0.25) is 4.79 Å². The Morgan fingerprint density at radius 2 is 1.96 bits per heavy atom. The van der Waals surface area contributed by atoms with Gasteiger partial charge >= 0.3 is 0 Å². The van der Waals surface area contributed by atoms with Crippen LogP contribution < -0.4 is 5.56 Å². The van der Waals surface area contributed by atoms with Crippen LogP contribution >= 0.6 is 11.3 Å². The van der Waals surface area contributed by atoms with E-state index in [1.807, 2.05) is 50.2 Å². The van der Waals surface area contributed by atoms with E-state index in [0.717, 1.165) is 42.9 Å². The highest BCUT2D eigenvalue weighted by atomic mass is 32.1. The van der Waals surface area contributed by atoms with Gasteiger partial charge in [0.1, 0.15) is 10.3 Å². The van der Waals surface area contributed by atoms with Crippen LogP contribution in [0.3, 0.4) is 0 Å². The molecule has 0 fully saturated rings. The minimum atomic E-state index is -0.232. The number of aryl methyl sites for hydroxylation is 2. The maximum atomic E-state index is 12.6. The zero-order valence-electron chi connectivity index (χ0n) is 13.6. The van der Waals surface area contributed by atoms with Gasteiger partial charge in [-0.05, 0) is 37.6 Å². The van der Waals surface area contributed by atoms with Gasteiger partial charge in [0.25, 0.3) is 5.56 Å². The molecular formula is C18H13N5OS. The molecule has 0 bridgehead atoms. The highest BCUT2D eigenvalue weighted by Crippen LogP contribution is 2.36. The van der Waals surface area contributed by atoms with Gasteiger partial charge in [-0.1, -0.05) is 23.4 Å². The van der Waals surface area contributed by atoms with Gasteiger partial charge in [0.15, 0.2) is 5.52 Å². The molecular weight excluding hydrogens is 334 g/mol. The Hall–Kier alpha value is -3.06. The molecule has 5 rings (SSSR count). The number of nitrogens with one attached hydrogen (secondary N) is 1. The van der Waals surface area contributed by atoms with E-state index in [4.69, 9.17) is 0 Å². The molecule has 1 aromatic carbocycles. The lowest BCUT2D eigenvalue weighted by Gasteiger charge is -2.02. The number of aromatic nitrogens is 5. The standard InChI is InChI=1S/C18H13N5OS/c1-9-8-10(2)19-18-12(9)13-16(25-18)15-14(17(24)20-13)21-22-23(15)11-6-4-3-5-7-11/h3-8H,1-2H3,(H,20,24). The fraction of sp³-hybridized carbons (Fsp3) is 0.111. The van der Waals surface area contributed by atoms with Gasteiger partial charge in [0, 0.05) is 11.1 Å². The van der Waals surface area contributed by atoms with Gasteiger partial charge in [-0.2, -0.15) is 0 Å². The van der Waals surface area contributed by atoms with Crippen LogP contribution in [0.25, 0.3) is 37.2 Å². The normalized spacial score (nSPS) is 11.8. The van der Waals surface area contributed by atoms with Crippen molar-refractivity contribution in [2.45, 2.75) is 13.8 Å². The molecule has 0 amide bonds. The van der Waals surface area contributed by atoms with Crippen LogP contribution in [0, 0.1) is 13.8 Å². The maximum absolute atomic E-state index is 12.6. The summed E-state index contributed by atoms with van der Waals surface area (Å²) in [5.41, 5.74) is 4.58. The Morgan fingerprint density at radius 3 is 2.76 bits per heavy atom. The van der Waals surface area contributed by atoms with Crippen molar-refractivity contribution in [3.63, 3.8) is 0 Å². The number of nitrogens with zero attached hydrogens (tertiary/aromatic N) is 4. The number of para-hydroxylation sites is 1. The van der Waals surface area contributed by atoms with Crippen LogP contribution in [-0.2, 0) is 0 Å². The van der Waals surface area contributed by atoms with Crippen LogP contribution in [0.5, 0.6) is 0 Å². The topological polar surface area (TPSA) is 76.5 Å². The van der Waals surface area contributed by atoms with Gasteiger partial charge in [-0.25, -0.2) is 9.67 Å². The minimum absolute atomic E-state index is 0.232. The summed E-state index contributed by atoms with van der Waals surface area (Å²) < 4.78 is 2.67. The molecule has 0 atom stereocenters. The zero-order chi connectivity index (χ0) is 17.1. The molecule has 0 aliphatic rings. The summed E-state index contributed by atoms with van der Waals surface area (Å²) in [6, 6.07) is 11.7. The summed E-state index contributed by atoms with van der Waals surface area (Å²) >= 11 is 1.56. The zero-order valence-corrected chi connectivity index (χ0v) is 14.4. The number of fused-ring (bicyclic) bond motifs is 5. The van der Waals surface area contributed by atoms with Crippen molar-refractivity contribution in [3.8, 4) is 5.69 Å². The highest BCUT2D eigenvalue weighted by molar-refractivity contribution is 7.26. The Morgan fingerprint density at radius 1 is 1.16 bits per heavy atom. The van der Waals surface area contributed by atoms with Gasteiger partial charge in [0.2, 0.25) is 0 Å². The second-order valence-corrected chi connectivity index (χ2v) is 7.05. The lowest BCUT2D eigenvalue weighted by Crippen LogP contribution is -2.06. The predicted octanol–water partition coefficient (Wildman–Crippen LogP) is 3.49. The van der Waals surface area contributed by atoms with Crippen molar-refractivity contribution in [3.05, 3.63) is 58.0 Å². The second kappa shape index (κ2) is 4.97. The van der Waals surface area contributed by atoms with E-state index in [2.05, 4.69) is 20.3 Å². The molecule has 4 aromatic heterocycles. The monoisotopic (exact) mass is 347 g/mol. The lowest BCUT2D eigenvalue weighted by molar-refractivity contribution is 0.825. The molecule has 7 heteroatoms. The molecule has 4 heterocycles. The van der Waals surface area contributed by atoms with Crippen molar-refractivity contribution in [2.24, 2.45) is 0 Å². The fourth-order valence-electron chi connectivity index (χ4n) is 3.29. The molecule has 25 heavy (non-hydrogen) atoms. The quantitative estimate of drug-likeness (QED) is 0.503. The molecule has 0 unspecified atom stereocenters. The SMILES string of the molecule is Cc1cc(C)c2c(n1)sc1c2[nH]c(=O)c2nnn(-c3ccccc3)c21. The molecule has 0 radical (unpaired) electrons. The molecule has 0 aliphatic carbocycles. The Labute approximate surface area is 145 Å². The summed E-state index contributed by atoms with van der Waals surface area (Å²) in [7, 11) is 0. The number of H-pyrrole nitrogens is 1. The molecule has 0 aliphatic heterocycles. The van der Waals surface area contributed by atoms with Gasteiger partial charge in [-0.15, -0.1) is 16.4 Å². The number of pyridine rings is 2. The summed E-state index contributed by atoms with van der Waals surface area (Å²) in [6.07, 6.45) is 0. The van der Waals surface area contributed by atoms with Crippen LogP contribution in [0.2, 0.25) is 0 Å². The first kappa shape index (κ1) is 14.3. The molecule has 6 nitrogen and oxygen atoms in total. The van der Waals surface area contributed by atoms with Crippen LogP contribution in [0.15, 0.2) is 41.2 Å². The number of hydrogen-bond donors (Lipinski definition) is 1. The van der Waals surface area contributed by atoms with Crippen LogP contribution in [0.4, 0.5) is 0 Å². The maximum Gasteiger partial charge on any atom is 0.278 e. The van der Waals surface area contributed by atoms with E-state index in [1.54, 1.807) is 16.0 Å². The van der Waals surface area contributed by atoms with Crippen molar-refractivity contribution in [1.29, 1.82) is 0 Å². The smallest absolute Gasteiger partial charge is 0.278 e. The highest BCUT2D eigenvalue weighted by Gasteiger charge is 2.19. The number of thiophene rings is 1. The summed E-state index contributed by atoms with van der Waals surface area (Å²) in [4.78, 5) is 21.1. The average molecular weight is 347 g/mol. The number of rotatable bonds is 1. The average Bonchev–Trinajstić information content (AvgIpc) is 3.17. The van der Waals surface area contributed by atoms with Crippen molar-refractivity contribution >= 4 is 42.8 Å². The fourth-order valence-corrected chi connectivity index (χ4v) is 4.57. The first-order chi connectivity index (χ1) is 12.1. The molecule has 1 N–H and O–H groups in total. The Kier molecular flexibility index (Phi) is 2.84. The first-order valence-corrected chi connectivity index (χ1v) is 8.68. The van der Waals surface area contributed by atoms with Gasteiger partial charge < -0.3 is 4.98 Å². The molecule has 0 saturated heterocycles. The third-order valence-electron chi connectivity index (χ3n) is 4.33. The number of aromatic amines is 1. The van der Waals surface area contributed by atoms with Crippen LogP contribution in [0.1, 0.15) is 11.3 Å². The molecule has 5 aromatic rings. The van der Waals surface area contributed by atoms with Gasteiger partial charge in [0.05, 0.1) is 15.9 Å². The lowest BCUT2D eigenvalue weighted by atomic mass is 10.1. The number of hydrogen-bond acceptors (Lipinski definition) is 5. The van der Waals surface area contributed by atoms with E-state index < -0.39 is 0 Å². The minimum Gasteiger partial charge on any atom is -0.319 e. The number of benzene rings is 1. The second-order valence-electron chi connectivity index (χ2n) is 6.06. The van der Waals surface area contributed by atoms with E-state index in [-0.39, 0.29) is 5.56 Å². The van der Waals surface area contributed by atoms with Crippen LogP contribution in [-0.4, -0.2) is 25.0 Å². The van der Waals surface area contributed by atoms with Crippen molar-refractivity contribution in [2.75, 3.05) is 0 Å². The van der Waals surface area contributed by atoms with E-state index in [0.29, 0.717) is 5.52 Å². The third-order valence-corrected chi connectivity index (χ3v) is 5.42. The van der Waals surface area contributed by atoms with Crippen molar-refractivity contribution < 1.29 is 0 Å². The molecule has 0 saturated carbocycles. The largest absolute Gasteiger partial charge is 0.319 e.